The summed E-state index contributed by atoms with van der Waals surface area (Å²) in [6.07, 6.45) is 3.85. The van der Waals surface area contributed by atoms with E-state index >= 15 is 0 Å². The molecule has 0 aliphatic heterocycles. The largest absolute Gasteiger partial charge is 0.481 e. The Bertz CT molecular complexity index is 640. The number of halogens is 1. The highest BCUT2D eigenvalue weighted by Gasteiger charge is 2.57. The molecule has 110 valence electrons. The van der Waals surface area contributed by atoms with E-state index in [0.717, 1.165) is 19.3 Å². The lowest BCUT2D eigenvalue weighted by molar-refractivity contribution is -0.152. The zero-order chi connectivity index (χ0) is 14.5. The van der Waals surface area contributed by atoms with Crippen LogP contribution in [0.1, 0.15) is 19.3 Å². The first-order valence-electron chi connectivity index (χ1n) is 6.40. The molecule has 0 amide bonds. The van der Waals surface area contributed by atoms with E-state index in [2.05, 4.69) is 4.72 Å². The van der Waals surface area contributed by atoms with Crippen LogP contribution < -0.4 is 4.72 Å². The van der Waals surface area contributed by atoms with Gasteiger partial charge in [0, 0.05) is 6.04 Å². The van der Waals surface area contributed by atoms with Crippen molar-refractivity contribution < 1.29 is 22.7 Å². The van der Waals surface area contributed by atoms with Crippen LogP contribution in [0.4, 0.5) is 0 Å². The first-order chi connectivity index (χ1) is 9.42. The SMILES string of the molecule is O=C(O)[C@H]1[C@H]2CCC[C@H]2[C@@H]1NS(=O)(=O)c1ccoc1Cl. The zero-order valence-corrected chi connectivity index (χ0v) is 12.0. The number of carboxylic acid groups (broad SMARTS) is 1. The van der Waals surface area contributed by atoms with Gasteiger partial charge in [-0.15, -0.1) is 0 Å². The number of carbonyl (C=O) groups is 1. The van der Waals surface area contributed by atoms with E-state index in [9.17, 15) is 18.3 Å². The Morgan fingerprint density at radius 3 is 2.70 bits per heavy atom. The van der Waals surface area contributed by atoms with Gasteiger partial charge in [-0.2, -0.15) is 0 Å². The van der Waals surface area contributed by atoms with Crippen LogP contribution in [0.5, 0.6) is 0 Å². The summed E-state index contributed by atoms with van der Waals surface area (Å²) in [5.41, 5.74) is 0. The molecule has 0 radical (unpaired) electrons. The van der Waals surface area contributed by atoms with Gasteiger partial charge in [-0.3, -0.25) is 4.79 Å². The number of fused-ring (bicyclic) bond motifs is 1. The highest BCUT2D eigenvalue weighted by molar-refractivity contribution is 7.89. The molecule has 2 aliphatic rings. The maximum absolute atomic E-state index is 12.2. The predicted octanol–water partition coefficient (Wildman–Crippen LogP) is 1.71. The van der Waals surface area contributed by atoms with Gasteiger partial charge in [-0.1, -0.05) is 6.42 Å². The Morgan fingerprint density at radius 2 is 2.10 bits per heavy atom. The molecule has 2 aliphatic carbocycles. The number of sulfonamides is 1. The fourth-order valence-corrected chi connectivity index (χ4v) is 5.23. The van der Waals surface area contributed by atoms with Gasteiger partial charge >= 0.3 is 5.97 Å². The molecule has 2 N–H and O–H groups in total. The minimum absolute atomic E-state index is 0.0834. The number of nitrogens with one attached hydrogen (secondary N) is 1. The summed E-state index contributed by atoms with van der Waals surface area (Å²) in [6.45, 7) is 0. The fraction of sp³-hybridized carbons (Fsp3) is 0.583. The van der Waals surface area contributed by atoms with Crippen LogP contribution in [0, 0.1) is 17.8 Å². The Hall–Kier alpha value is -1.05. The minimum atomic E-state index is -3.85. The van der Waals surface area contributed by atoms with Gasteiger partial charge in [0.15, 0.2) is 0 Å². The van der Waals surface area contributed by atoms with E-state index in [0.29, 0.717) is 0 Å². The van der Waals surface area contributed by atoms with E-state index in [1.165, 1.54) is 12.3 Å². The number of hydrogen-bond acceptors (Lipinski definition) is 4. The molecule has 2 saturated carbocycles. The Labute approximate surface area is 121 Å². The van der Waals surface area contributed by atoms with E-state index in [4.69, 9.17) is 16.0 Å². The highest BCUT2D eigenvalue weighted by atomic mass is 35.5. The van der Waals surface area contributed by atoms with E-state index in [1.807, 2.05) is 0 Å². The average Bonchev–Trinajstić information content (AvgIpc) is 2.93. The Morgan fingerprint density at radius 1 is 1.40 bits per heavy atom. The molecule has 0 bridgehead atoms. The lowest BCUT2D eigenvalue weighted by Gasteiger charge is -2.46. The van der Waals surface area contributed by atoms with Crippen molar-refractivity contribution in [2.45, 2.75) is 30.2 Å². The first-order valence-corrected chi connectivity index (χ1v) is 8.26. The van der Waals surface area contributed by atoms with Crippen molar-refractivity contribution in [2.24, 2.45) is 17.8 Å². The standard InChI is InChI=1S/C12H14ClNO5S/c13-11-8(4-5-19-11)20(17,18)14-10-7-3-1-2-6(7)9(10)12(15)16/h4-7,9-10,14H,1-3H2,(H,15,16)/t6-,7+,9-,10-/m0/s1. The van der Waals surface area contributed by atoms with Crippen molar-refractivity contribution in [2.75, 3.05) is 0 Å². The van der Waals surface area contributed by atoms with Crippen molar-refractivity contribution in [1.29, 1.82) is 0 Å². The molecule has 3 rings (SSSR count). The molecule has 6 nitrogen and oxygen atoms in total. The second-order valence-corrected chi connectivity index (χ2v) is 7.35. The Kier molecular flexibility index (Phi) is 3.30. The van der Waals surface area contributed by atoms with Gasteiger partial charge in [-0.25, -0.2) is 13.1 Å². The van der Waals surface area contributed by atoms with Crippen LogP contribution in [-0.2, 0) is 14.8 Å². The molecule has 1 aromatic heterocycles. The summed E-state index contributed by atoms with van der Waals surface area (Å²) >= 11 is 5.68. The molecule has 0 aromatic carbocycles. The molecule has 20 heavy (non-hydrogen) atoms. The zero-order valence-electron chi connectivity index (χ0n) is 10.5. The van der Waals surface area contributed by atoms with E-state index < -0.39 is 28.0 Å². The highest BCUT2D eigenvalue weighted by Crippen LogP contribution is 2.51. The third-order valence-electron chi connectivity index (χ3n) is 4.38. The summed E-state index contributed by atoms with van der Waals surface area (Å²) in [6, 6.07) is 0.696. The molecule has 0 spiro atoms. The van der Waals surface area contributed by atoms with Crippen LogP contribution in [0.15, 0.2) is 21.6 Å². The molecule has 0 unspecified atom stereocenters. The normalized spacial score (nSPS) is 32.6. The van der Waals surface area contributed by atoms with Crippen molar-refractivity contribution >= 4 is 27.6 Å². The number of carboxylic acids is 1. The first kappa shape index (κ1) is 13.9. The van der Waals surface area contributed by atoms with Crippen molar-refractivity contribution in [3.05, 3.63) is 17.5 Å². The third kappa shape index (κ3) is 2.04. The summed E-state index contributed by atoms with van der Waals surface area (Å²) in [4.78, 5) is 11.1. The third-order valence-corrected chi connectivity index (χ3v) is 6.27. The molecule has 2 fully saturated rings. The van der Waals surface area contributed by atoms with Crippen LogP contribution in [0.25, 0.3) is 0 Å². The number of furan rings is 1. The lowest BCUT2D eigenvalue weighted by atomic mass is 9.63. The quantitative estimate of drug-likeness (QED) is 0.880. The molecular weight excluding hydrogens is 306 g/mol. The van der Waals surface area contributed by atoms with Gasteiger partial charge in [-0.05, 0) is 42.3 Å². The number of rotatable bonds is 4. The van der Waals surface area contributed by atoms with Crippen LogP contribution in [-0.4, -0.2) is 25.5 Å². The van der Waals surface area contributed by atoms with Crippen LogP contribution in [0.3, 0.4) is 0 Å². The van der Waals surface area contributed by atoms with Gasteiger partial charge < -0.3 is 9.52 Å². The maximum Gasteiger partial charge on any atom is 0.308 e. The second kappa shape index (κ2) is 4.75. The Balaban J connectivity index is 1.84. The average molecular weight is 320 g/mol. The van der Waals surface area contributed by atoms with Gasteiger partial charge in [0.25, 0.3) is 0 Å². The van der Waals surface area contributed by atoms with Crippen molar-refractivity contribution in [3.8, 4) is 0 Å². The minimum Gasteiger partial charge on any atom is -0.481 e. The van der Waals surface area contributed by atoms with Crippen LogP contribution in [0.2, 0.25) is 5.22 Å². The summed E-state index contributed by atoms with van der Waals surface area (Å²) in [5, 5.41) is 9.04. The maximum atomic E-state index is 12.2. The predicted molar refractivity (Wildman–Crippen MR) is 69.8 cm³/mol. The molecule has 1 aromatic rings. The van der Waals surface area contributed by atoms with E-state index in [1.54, 1.807) is 0 Å². The molecular formula is C12H14ClNO5S. The van der Waals surface area contributed by atoms with Crippen molar-refractivity contribution in [3.63, 3.8) is 0 Å². The smallest absolute Gasteiger partial charge is 0.308 e. The molecule has 0 saturated heterocycles. The summed E-state index contributed by atoms with van der Waals surface area (Å²) < 4.78 is 31.7. The molecule has 8 heteroatoms. The summed E-state index contributed by atoms with van der Waals surface area (Å²) in [7, 11) is -3.85. The molecule has 1 heterocycles. The number of aliphatic carboxylic acids is 1. The van der Waals surface area contributed by atoms with Crippen molar-refractivity contribution in [1.82, 2.24) is 4.72 Å². The summed E-state index contributed by atoms with van der Waals surface area (Å²) in [5.74, 6) is -1.40. The monoisotopic (exact) mass is 319 g/mol. The van der Waals surface area contributed by atoms with Gasteiger partial charge in [0.1, 0.15) is 4.90 Å². The fourth-order valence-electron chi connectivity index (χ4n) is 3.51. The van der Waals surface area contributed by atoms with Gasteiger partial charge in [0.2, 0.25) is 15.2 Å². The number of hydrogen-bond donors (Lipinski definition) is 2. The van der Waals surface area contributed by atoms with E-state index in [-0.39, 0.29) is 22.0 Å². The topological polar surface area (TPSA) is 96.6 Å². The second-order valence-electron chi connectivity index (χ2n) is 5.33. The van der Waals surface area contributed by atoms with Crippen LogP contribution >= 0.6 is 11.6 Å². The lowest BCUT2D eigenvalue weighted by Crippen LogP contribution is -2.60. The van der Waals surface area contributed by atoms with Gasteiger partial charge in [0.05, 0.1) is 12.2 Å². The molecule has 4 atom stereocenters.